The van der Waals surface area contributed by atoms with Crippen LogP contribution in [0.4, 0.5) is 0 Å². The molecule has 4 N–H and O–H groups in total. The summed E-state index contributed by atoms with van der Waals surface area (Å²) in [5.41, 5.74) is 6.48. The van der Waals surface area contributed by atoms with Crippen molar-refractivity contribution in [2.75, 3.05) is 0 Å². The molecule has 0 fully saturated rings. The molecule has 0 aliphatic carbocycles. The van der Waals surface area contributed by atoms with Gasteiger partial charge in [0.05, 0.1) is 12.1 Å². The first-order valence-corrected chi connectivity index (χ1v) is 4.15. The first-order valence-electron chi connectivity index (χ1n) is 3.74. The summed E-state index contributed by atoms with van der Waals surface area (Å²) in [6, 6.07) is 3.22. The van der Waals surface area contributed by atoms with Gasteiger partial charge in [-0.3, -0.25) is 0 Å². The molecule has 0 unspecified atom stereocenters. The van der Waals surface area contributed by atoms with Gasteiger partial charge in [-0.05, 0) is 13.0 Å². The van der Waals surface area contributed by atoms with Crippen molar-refractivity contribution in [1.29, 1.82) is 0 Å². The van der Waals surface area contributed by atoms with E-state index in [0.717, 1.165) is 5.56 Å². The van der Waals surface area contributed by atoms with E-state index in [0.29, 0.717) is 4.64 Å². The third-order valence-corrected chi connectivity index (χ3v) is 2.08. The quantitative estimate of drug-likeness (QED) is 0.604. The first kappa shape index (κ1) is 9.38. The average molecular weight is 184 g/mol. The Morgan fingerprint density at radius 2 is 2.33 bits per heavy atom. The van der Waals surface area contributed by atoms with Crippen LogP contribution in [0.5, 0.6) is 0 Å². The minimum absolute atomic E-state index is 0.407. The fourth-order valence-electron chi connectivity index (χ4n) is 0.957. The van der Waals surface area contributed by atoms with E-state index < -0.39 is 12.1 Å². The molecule has 0 saturated carbocycles. The highest BCUT2D eigenvalue weighted by atomic mass is 32.1. The van der Waals surface area contributed by atoms with Crippen molar-refractivity contribution in [2.24, 2.45) is 5.73 Å². The van der Waals surface area contributed by atoms with Crippen LogP contribution in [0.3, 0.4) is 0 Å². The molecule has 0 bridgehead atoms. The van der Waals surface area contributed by atoms with Gasteiger partial charge in [-0.1, -0.05) is 18.3 Å². The fourth-order valence-corrected chi connectivity index (χ4v) is 1.23. The average Bonchev–Trinajstić information content (AvgIpc) is 2.04. The van der Waals surface area contributed by atoms with Crippen LogP contribution >= 0.6 is 12.2 Å². The van der Waals surface area contributed by atoms with E-state index in [1.165, 1.54) is 0 Å². The molecule has 1 aromatic heterocycles. The van der Waals surface area contributed by atoms with Gasteiger partial charge in [0.15, 0.2) is 0 Å². The number of aliphatic hydroxyl groups excluding tert-OH is 1. The fraction of sp³-hybridized carbons (Fsp3) is 0.375. The maximum atomic E-state index is 9.21. The predicted octanol–water partition coefficient (Wildman–Crippen LogP) is 1.12. The van der Waals surface area contributed by atoms with Crippen LogP contribution in [0.1, 0.15) is 18.5 Å². The van der Waals surface area contributed by atoms with Crippen molar-refractivity contribution in [1.82, 2.24) is 4.98 Å². The highest BCUT2D eigenvalue weighted by Crippen LogP contribution is 2.13. The van der Waals surface area contributed by atoms with E-state index >= 15 is 0 Å². The molecule has 0 saturated heterocycles. The van der Waals surface area contributed by atoms with Crippen LogP contribution in [0.25, 0.3) is 0 Å². The van der Waals surface area contributed by atoms with Crippen molar-refractivity contribution in [2.45, 2.75) is 19.1 Å². The SMILES string of the molecule is C[C@H](O)[C@@H](N)c1ccc[nH]c1=S. The number of aromatic amines is 1. The Bertz CT molecular complexity index is 308. The van der Waals surface area contributed by atoms with Crippen LogP contribution < -0.4 is 5.73 Å². The summed E-state index contributed by atoms with van der Waals surface area (Å²) in [7, 11) is 0. The molecule has 0 amide bonds. The molecule has 1 rings (SSSR count). The Hall–Kier alpha value is -0.710. The van der Waals surface area contributed by atoms with E-state index in [2.05, 4.69) is 4.98 Å². The van der Waals surface area contributed by atoms with Gasteiger partial charge in [-0.25, -0.2) is 0 Å². The van der Waals surface area contributed by atoms with Crippen LogP contribution in [-0.2, 0) is 0 Å². The third kappa shape index (κ3) is 1.91. The van der Waals surface area contributed by atoms with Gasteiger partial charge >= 0.3 is 0 Å². The summed E-state index contributed by atoms with van der Waals surface area (Å²) in [6.07, 6.45) is 1.16. The molecule has 12 heavy (non-hydrogen) atoms. The summed E-state index contributed by atoms with van der Waals surface area (Å²) in [6.45, 7) is 1.65. The minimum Gasteiger partial charge on any atom is -0.391 e. The number of hydrogen-bond acceptors (Lipinski definition) is 3. The largest absolute Gasteiger partial charge is 0.391 e. The van der Waals surface area contributed by atoms with Crippen molar-refractivity contribution in [3.8, 4) is 0 Å². The number of pyridine rings is 1. The standard InChI is InChI=1S/C8H12N2OS/c1-5(11)7(9)6-3-2-4-10-8(6)12/h2-5,7,11H,9H2,1H3,(H,10,12)/t5-,7+/m0/s1. The number of hydrogen-bond donors (Lipinski definition) is 3. The van der Waals surface area contributed by atoms with E-state index in [4.69, 9.17) is 18.0 Å². The second kappa shape index (κ2) is 3.80. The molecule has 3 nitrogen and oxygen atoms in total. The lowest BCUT2D eigenvalue weighted by Gasteiger charge is -2.14. The third-order valence-electron chi connectivity index (χ3n) is 1.73. The second-order valence-corrected chi connectivity index (χ2v) is 3.13. The van der Waals surface area contributed by atoms with Gasteiger partial charge in [0, 0.05) is 11.8 Å². The molecule has 2 atom stereocenters. The lowest BCUT2D eigenvalue weighted by molar-refractivity contribution is 0.164. The van der Waals surface area contributed by atoms with Crippen LogP contribution in [0.2, 0.25) is 0 Å². The topological polar surface area (TPSA) is 62.0 Å². The highest BCUT2D eigenvalue weighted by molar-refractivity contribution is 7.71. The maximum Gasteiger partial charge on any atom is 0.108 e. The van der Waals surface area contributed by atoms with Gasteiger partial charge < -0.3 is 15.8 Å². The second-order valence-electron chi connectivity index (χ2n) is 2.72. The summed E-state index contributed by atoms with van der Waals surface area (Å²) < 4.78 is 0.589. The summed E-state index contributed by atoms with van der Waals surface area (Å²) in [5.74, 6) is 0. The van der Waals surface area contributed by atoms with Crippen molar-refractivity contribution in [3.05, 3.63) is 28.5 Å². The highest BCUT2D eigenvalue weighted by Gasteiger charge is 2.12. The molecule has 4 heteroatoms. The van der Waals surface area contributed by atoms with Crippen molar-refractivity contribution in [3.63, 3.8) is 0 Å². The molecule has 66 valence electrons. The number of nitrogens with one attached hydrogen (secondary N) is 1. The molecule has 0 aliphatic rings. The van der Waals surface area contributed by atoms with E-state index in [1.54, 1.807) is 13.1 Å². The lowest BCUT2D eigenvalue weighted by Crippen LogP contribution is -2.23. The maximum absolute atomic E-state index is 9.21. The van der Waals surface area contributed by atoms with Crippen LogP contribution in [-0.4, -0.2) is 16.2 Å². The molecular weight excluding hydrogens is 172 g/mol. The molecule has 0 radical (unpaired) electrons. The zero-order valence-electron chi connectivity index (χ0n) is 6.82. The Balaban J connectivity index is 3.03. The molecule has 0 aliphatic heterocycles. The number of H-pyrrole nitrogens is 1. The number of aliphatic hydroxyl groups is 1. The Morgan fingerprint density at radius 3 is 2.83 bits per heavy atom. The zero-order valence-corrected chi connectivity index (χ0v) is 7.64. The summed E-state index contributed by atoms with van der Waals surface area (Å²) in [5, 5.41) is 9.21. The number of rotatable bonds is 2. The molecular formula is C8H12N2OS. The lowest BCUT2D eigenvalue weighted by atomic mass is 10.1. The Morgan fingerprint density at radius 1 is 1.67 bits per heavy atom. The normalized spacial score (nSPS) is 15.6. The Labute approximate surface area is 76.2 Å². The molecule has 0 spiro atoms. The summed E-state index contributed by atoms with van der Waals surface area (Å²) in [4.78, 5) is 2.86. The summed E-state index contributed by atoms with van der Waals surface area (Å²) >= 11 is 5.00. The monoisotopic (exact) mass is 184 g/mol. The smallest absolute Gasteiger partial charge is 0.108 e. The predicted molar refractivity (Wildman–Crippen MR) is 50.2 cm³/mol. The number of aromatic nitrogens is 1. The van der Waals surface area contributed by atoms with Gasteiger partial charge in [0.1, 0.15) is 4.64 Å². The van der Waals surface area contributed by atoms with E-state index in [1.807, 2.05) is 12.1 Å². The minimum atomic E-state index is -0.581. The number of nitrogens with two attached hydrogens (primary N) is 1. The zero-order chi connectivity index (χ0) is 9.14. The van der Waals surface area contributed by atoms with Crippen LogP contribution in [0, 0.1) is 4.64 Å². The van der Waals surface area contributed by atoms with Crippen molar-refractivity contribution < 1.29 is 5.11 Å². The van der Waals surface area contributed by atoms with Gasteiger partial charge in [0.2, 0.25) is 0 Å². The van der Waals surface area contributed by atoms with Crippen molar-refractivity contribution >= 4 is 12.2 Å². The van der Waals surface area contributed by atoms with Gasteiger partial charge in [-0.15, -0.1) is 0 Å². The van der Waals surface area contributed by atoms with E-state index in [-0.39, 0.29) is 0 Å². The van der Waals surface area contributed by atoms with Crippen LogP contribution in [0.15, 0.2) is 18.3 Å². The molecule has 0 aromatic carbocycles. The van der Waals surface area contributed by atoms with E-state index in [9.17, 15) is 5.11 Å². The van der Waals surface area contributed by atoms with Gasteiger partial charge in [-0.2, -0.15) is 0 Å². The molecule has 1 heterocycles. The Kier molecular flexibility index (Phi) is 2.97. The molecule has 1 aromatic rings. The van der Waals surface area contributed by atoms with Gasteiger partial charge in [0.25, 0.3) is 0 Å². The first-order chi connectivity index (χ1) is 5.63.